The first-order valence-corrected chi connectivity index (χ1v) is 7.25. The van der Waals surface area contributed by atoms with Crippen LogP contribution >= 0.6 is 11.8 Å². The predicted octanol–water partition coefficient (Wildman–Crippen LogP) is 1.71. The van der Waals surface area contributed by atoms with E-state index in [9.17, 15) is 4.79 Å². The summed E-state index contributed by atoms with van der Waals surface area (Å²) in [5.74, 6) is 1.51. The molecular weight excluding hydrogens is 220 g/mol. The monoisotopic (exact) mass is 244 g/mol. The van der Waals surface area contributed by atoms with Crippen LogP contribution in [0.2, 0.25) is 0 Å². The fourth-order valence-corrected chi connectivity index (χ4v) is 3.17. The van der Waals surface area contributed by atoms with Crippen LogP contribution in [-0.4, -0.2) is 40.9 Å². The van der Waals surface area contributed by atoms with Gasteiger partial charge in [0.2, 0.25) is 5.91 Å². The summed E-state index contributed by atoms with van der Waals surface area (Å²) in [5, 5.41) is 0.555. The van der Waals surface area contributed by atoms with Crippen molar-refractivity contribution in [1.29, 1.82) is 0 Å². The maximum atomic E-state index is 12.2. The highest BCUT2D eigenvalue weighted by molar-refractivity contribution is 8.00. The normalized spacial score (nSPS) is 27.9. The van der Waals surface area contributed by atoms with Crippen molar-refractivity contribution in [2.24, 2.45) is 11.7 Å². The quantitative estimate of drug-likeness (QED) is 0.819. The number of nitrogens with two attached hydrogens (primary N) is 1. The van der Waals surface area contributed by atoms with Crippen molar-refractivity contribution in [2.75, 3.05) is 18.8 Å². The van der Waals surface area contributed by atoms with Crippen molar-refractivity contribution >= 4 is 17.7 Å². The van der Waals surface area contributed by atoms with E-state index in [0.29, 0.717) is 23.7 Å². The van der Waals surface area contributed by atoms with Crippen molar-refractivity contribution in [3.05, 3.63) is 0 Å². The SMILES string of the molecule is CC(CCCN)C(=O)N1CCSC(C)C1C. The van der Waals surface area contributed by atoms with E-state index in [1.807, 2.05) is 18.7 Å². The molecule has 16 heavy (non-hydrogen) atoms. The molecule has 1 amide bonds. The zero-order valence-electron chi connectivity index (χ0n) is 10.6. The Morgan fingerprint density at radius 1 is 1.56 bits per heavy atom. The Kier molecular flexibility index (Phi) is 5.62. The van der Waals surface area contributed by atoms with Gasteiger partial charge in [-0.25, -0.2) is 0 Å². The second kappa shape index (κ2) is 6.50. The molecule has 1 rings (SSSR count). The molecule has 3 nitrogen and oxygen atoms in total. The lowest BCUT2D eigenvalue weighted by atomic mass is 10.0. The van der Waals surface area contributed by atoms with Crippen LogP contribution < -0.4 is 5.73 Å². The molecule has 0 aromatic rings. The molecule has 4 heteroatoms. The topological polar surface area (TPSA) is 46.3 Å². The molecule has 3 unspecified atom stereocenters. The summed E-state index contributed by atoms with van der Waals surface area (Å²) in [6.07, 6.45) is 1.86. The third-order valence-corrected chi connectivity index (χ3v) is 4.77. The number of nitrogens with zero attached hydrogens (tertiary/aromatic N) is 1. The second-order valence-electron chi connectivity index (χ2n) is 4.68. The van der Waals surface area contributed by atoms with E-state index >= 15 is 0 Å². The van der Waals surface area contributed by atoms with E-state index in [1.165, 1.54) is 0 Å². The van der Waals surface area contributed by atoms with Crippen LogP contribution in [0.5, 0.6) is 0 Å². The van der Waals surface area contributed by atoms with Gasteiger partial charge in [0.25, 0.3) is 0 Å². The lowest BCUT2D eigenvalue weighted by molar-refractivity contribution is -0.137. The number of hydrogen-bond donors (Lipinski definition) is 1. The summed E-state index contributed by atoms with van der Waals surface area (Å²) < 4.78 is 0. The van der Waals surface area contributed by atoms with Gasteiger partial charge in [-0.05, 0) is 26.3 Å². The van der Waals surface area contributed by atoms with Crippen molar-refractivity contribution in [2.45, 2.75) is 44.9 Å². The maximum Gasteiger partial charge on any atom is 0.225 e. The lowest BCUT2D eigenvalue weighted by Gasteiger charge is -2.39. The highest BCUT2D eigenvalue weighted by Gasteiger charge is 2.30. The van der Waals surface area contributed by atoms with Gasteiger partial charge >= 0.3 is 0 Å². The first-order chi connectivity index (χ1) is 7.57. The Morgan fingerprint density at radius 2 is 2.25 bits per heavy atom. The fourth-order valence-electron chi connectivity index (χ4n) is 2.07. The van der Waals surface area contributed by atoms with E-state index in [1.54, 1.807) is 0 Å². The van der Waals surface area contributed by atoms with E-state index in [2.05, 4.69) is 18.7 Å². The van der Waals surface area contributed by atoms with Gasteiger partial charge in [-0.15, -0.1) is 0 Å². The smallest absolute Gasteiger partial charge is 0.225 e. The minimum Gasteiger partial charge on any atom is -0.338 e. The third kappa shape index (κ3) is 3.39. The number of carbonyl (C=O) groups excluding carboxylic acids is 1. The Bertz CT molecular complexity index is 235. The summed E-state index contributed by atoms with van der Waals surface area (Å²) in [6, 6.07) is 0.367. The molecular formula is C12H24N2OS. The maximum absolute atomic E-state index is 12.2. The van der Waals surface area contributed by atoms with Crippen molar-refractivity contribution < 1.29 is 4.79 Å². The van der Waals surface area contributed by atoms with E-state index in [4.69, 9.17) is 5.73 Å². The molecule has 1 aliphatic rings. The van der Waals surface area contributed by atoms with E-state index < -0.39 is 0 Å². The third-order valence-electron chi connectivity index (χ3n) is 3.43. The summed E-state index contributed by atoms with van der Waals surface area (Å²) in [7, 11) is 0. The first-order valence-electron chi connectivity index (χ1n) is 6.20. The molecule has 2 N–H and O–H groups in total. The Balaban J connectivity index is 2.51. The molecule has 1 aliphatic heterocycles. The number of thioether (sulfide) groups is 1. The minimum absolute atomic E-state index is 0.126. The van der Waals surface area contributed by atoms with Gasteiger partial charge in [0.1, 0.15) is 0 Å². The molecule has 1 saturated heterocycles. The summed E-state index contributed by atoms with van der Waals surface area (Å²) in [5.41, 5.74) is 5.48. The van der Waals surface area contributed by atoms with Gasteiger partial charge in [0.15, 0.2) is 0 Å². The first kappa shape index (κ1) is 13.8. The lowest BCUT2D eigenvalue weighted by Crippen LogP contribution is -2.49. The molecule has 0 aromatic carbocycles. The molecule has 0 bridgehead atoms. The van der Waals surface area contributed by atoms with Gasteiger partial charge in [-0.2, -0.15) is 11.8 Å². The molecule has 0 spiro atoms. The van der Waals surface area contributed by atoms with Gasteiger partial charge < -0.3 is 10.6 Å². The molecule has 0 saturated carbocycles. The molecule has 1 fully saturated rings. The second-order valence-corrected chi connectivity index (χ2v) is 6.17. The predicted molar refractivity (Wildman–Crippen MR) is 70.5 cm³/mol. The zero-order valence-corrected chi connectivity index (χ0v) is 11.4. The van der Waals surface area contributed by atoms with E-state index in [0.717, 1.165) is 25.1 Å². The highest BCUT2D eigenvalue weighted by atomic mass is 32.2. The van der Waals surface area contributed by atoms with E-state index in [-0.39, 0.29) is 5.92 Å². The number of carbonyl (C=O) groups is 1. The Labute approximate surface area is 103 Å². The number of rotatable bonds is 4. The molecule has 0 aliphatic carbocycles. The summed E-state index contributed by atoms with van der Waals surface area (Å²) >= 11 is 1.96. The van der Waals surface area contributed by atoms with Crippen molar-refractivity contribution in [3.8, 4) is 0 Å². The Hall–Kier alpha value is -0.220. The number of amides is 1. The van der Waals surface area contributed by atoms with Crippen LogP contribution in [0.25, 0.3) is 0 Å². The molecule has 3 atom stereocenters. The largest absolute Gasteiger partial charge is 0.338 e. The average Bonchev–Trinajstić information content (AvgIpc) is 2.28. The van der Waals surface area contributed by atoms with Gasteiger partial charge in [0.05, 0.1) is 0 Å². The Morgan fingerprint density at radius 3 is 2.88 bits per heavy atom. The minimum atomic E-state index is 0.126. The molecule has 0 radical (unpaired) electrons. The van der Waals surface area contributed by atoms with Crippen LogP contribution in [0.4, 0.5) is 0 Å². The fraction of sp³-hybridized carbons (Fsp3) is 0.917. The average molecular weight is 244 g/mol. The van der Waals surface area contributed by atoms with Gasteiger partial charge in [0, 0.05) is 29.5 Å². The van der Waals surface area contributed by atoms with Crippen LogP contribution in [0.3, 0.4) is 0 Å². The summed E-state index contributed by atoms with van der Waals surface area (Å²) in [6.45, 7) is 7.97. The van der Waals surface area contributed by atoms with Crippen molar-refractivity contribution in [3.63, 3.8) is 0 Å². The standard InChI is InChI=1S/C12H24N2OS/c1-9(5-4-6-13)12(15)14-7-8-16-11(3)10(14)2/h9-11H,4-8,13H2,1-3H3. The van der Waals surface area contributed by atoms with Gasteiger partial charge in [-0.3, -0.25) is 4.79 Å². The van der Waals surface area contributed by atoms with Gasteiger partial charge in [-0.1, -0.05) is 13.8 Å². The van der Waals surface area contributed by atoms with Crippen molar-refractivity contribution in [1.82, 2.24) is 4.90 Å². The molecule has 0 aromatic heterocycles. The zero-order chi connectivity index (χ0) is 12.1. The summed E-state index contributed by atoms with van der Waals surface area (Å²) in [4.78, 5) is 14.3. The van der Waals surface area contributed by atoms with Crippen LogP contribution in [0, 0.1) is 5.92 Å². The molecule has 94 valence electrons. The number of hydrogen-bond acceptors (Lipinski definition) is 3. The molecule has 1 heterocycles. The van der Waals surface area contributed by atoms with Crippen LogP contribution in [0.15, 0.2) is 0 Å². The van der Waals surface area contributed by atoms with Crippen LogP contribution in [-0.2, 0) is 4.79 Å². The van der Waals surface area contributed by atoms with Crippen LogP contribution in [0.1, 0.15) is 33.6 Å². The highest BCUT2D eigenvalue weighted by Crippen LogP contribution is 2.26.